The fourth-order valence-electron chi connectivity index (χ4n) is 8.97. The van der Waals surface area contributed by atoms with Gasteiger partial charge in [-0.3, -0.25) is 14.4 Å². The van der Waals surface area contributed by atoms with Gasteiger partial charge in [0, 0.05) is 19.3 Å². The summed E-state index contributed by atoms with van der Waals surface area (Å²) in [4.78, 5) is 38.0. The van der Waals surface area contributed by atoms with Gasteiger partial charge in [-0.2, -0.15) is 0 Å². The van der Waals surface area contributed by atoms with Crippen LogP contribution in [0.5, 0.6) is 0 Å². The largest absolute Gasteiger partial charge is 0.462 e. The zero-order valence-corrected chi connectivity index (χ0v) is 44.8. The van der Waals surface area contributed by atoms with E-state index in [1.807, 2.05) is 0 Å². The summed E-state index contributed by atoms with van der Waals surface area (Å²) in [6.45, 7) is 13.7. The van der Waals surface area contributed by atoms with Crippen LogP contribution in [0.3, 0.4) is 0 Å². The van der Waals surface area contributed by atoms with Gasteiger partial charge in [-0.25, -0.2) is 0 Å². The Morgan fingerprint density at radius 2 is 0.538 bits per heavy atom. The van der Waals surface area contributed by atoms with Gasteiger partial charge in [-0.05, 0) is 37.0 Å². The average Bonchev–Trinajstić information content (AvgIpc) is 3.28. The molecule has 6 nitrogen and oxygen atoms in total. The van der Waals surface area contributed by atoms with Gasteiger partial charge in [-0.1, -0.05) is 286 Å². The van der Waals surface area contributed by atoms with Crippen LogP contribution in [0.25, 0.3) is 0 Å². The van der Waals surface area contributed by atoms with Crippen molar-refractivity contribution >= 4 is 17.9 Å². The van der Waals surface area contributed by atoms with E-state index in [1.54, 1.807) is 0 Å². The molecule has 0 fully saturated rings. The van der Waals surface area contributed by atoms with Crippen LogP contribution >= 0.6 is 0 Å². The summed E-state index contributed by atoms with van der Waals surface area (Å²) in [7, 11) is 0. The molecule has 2 atom stereocenters. The molecule has 0 N–H and O–H groups in total. The number of unbranched alkanes of at least 4 members (excludes halogenated alkanes) is 34. The molecule has 0 spiro atoms. The highest BCUT2D eigenvalue weighted by molar-refractivity contribution is 5.71. The van der Waals surface area contributed by atoms with Crippen LogP contribution in [0, 0.1) is 17.8 Å². The first-order valence-corrected chi connectivity index (χ1v) is 29.1. The molecule has 0 aromatic heterocycles. The summed E-state index contributed by atoms with van der Waals surface area (Å²) in [6.07, 6.45) is 52.5. The standard InChI is InChI=1S/C59H114O6/c1-7-55(6)47-41-35-28-24-20-16-12-10-8-9-11-13-17-22-26-30-38-44-50-59(62)65-56(52-64-58(61)49-43-37-32-31-34-40-46-54(4)5)51-63-57(60)48-42-36-29-25-21-18-14-15-19-23-27-33-39-45-53(2)3/h53-56H,7-52H2,1-6H3/t55?,56-/m1/s1. The molecule has 0 aliphatic rings. The molecule has 0 aromatic rings. The van der Waals surface area contributed by atoms with Crippen molar-refractivity contribution in [2.75, 3.05) is 13.2 Å². The Morgan fingerprint density at radius 3 is 0.800 bits per heavy atom. The molecule has 0 bridgehead atoms. The van der Waals surface area contributed by atoms with E-state index in [2.05, 4.69) is 41.5 Å². The second kappa shape index (κ2) is 50.3. The first-order chi connectivity index (χ1) is 31.6. The van der Waals surface area contributed by atoms with Crippen LogP contribution in [-0.2, 0) is 28.6 Å². The van der Waals surface area contributed by atoms with Crippen molar-refractivity contribution in [2.24, 2.45) is 17.8 Å². The third-order valence-electron chi connectivity index (χ3n) is 13.8. The quantitative estimate of drug-likeness (QED) is 0.0344. The molecule has 0 rings (SSSR count). The normalized spacial score (nSPS) is 12.6. The number of esters is 3. The van der Waals surface area contributed by atoms with Crippen molar-refractivity contribution in [1.82, 2.24) is 0 Å². The fourth-order valence-corrected chi connectivity index (χ4v) is 8.97. The maximum atomic E-state index is 12.8. The van der Waals surface area contributed by atoms with Gasteiger partial charge in [0.15, 0.2) is 6.10 Å². The fraction of sp³-hybridized carbons (Fsp3) is 0.949. The first-order valence-electron chi connectivity index (χ1n) is 29.1. The maximum Gasteiger partial charge on any atom is 0.306 e. The maximum absolute atomic E-state index is 12.8. The van der Waals surface area contributed by atoms with Crippen molar-refractivity contribution in [2.45, 2.75) is 330 Å². The minimum Gasteiger partial charge on any atom is -0.462 e. The lowest BCUT2D eigenvalue weighted by Gasteiger charge is -2.18. The molecule has 386 valence electrons. The number of rotatable bonds is 52. The molecule has 0 heterocycles. The SMILES string of the molecule is CCC(C)CCCCCCCCCCCCCCCCCCCCC(=O)O[C@H](COC(=O)CCCCCCCCCCCCCCCC(C)C)COC(=O)CCCCCCCCC(C)C. The molecule has 1 unspecified atom stereocenters. The summed E-state index contributed by atoms with van der Waals surface area (Å²) in [5.74, 6) is 1.66. The van der Waals surface area contributed by atoms with Gasteiger partial charge in [0.25, 0.3) is 0 Å². The molecule has 6 heteroatoms. The molecule has 0 amide bonds. The Bertz CT molecular complexity index is 1010. The third kappa shape index (κ3) is 51.6. The third-order valence-corrected chi connectivity index (χ3v) is 13.8. The average molecular weight is 920 g/mol. The van der Waals surface area contributed by atoms with E-state index in [1.165, 1.54) is 205 Å². The second-order valence-electron chi connectivity index (χ2n) is 21.5. The number of hydrogen-bond acceptors (Lipinski definition) is 6. The van der Waals surface area contributed by atoms with Crippen molar-refractivity contribution in [1.29, 1.82) is 0 Å². The van der Waals surface area contributed by atoms with Crippen LogP contribution in [0.1, 0.15) is 324 Å². The van der Waals surface area contributed by atoms with Gasteiger partial charge in [0.05, 0.1) is 0 Å². The minimum atomic E-state index is -0.764. The molecule has 0 saturated heterocycles. The van der Waals surface area contributed by atoms with E-state index in [0.29, 0.717) is 19.3 Å². The highest BCUT2D eigenvalue weighted by Gasteiger charge is 2.19. The number of ether oxygens (including phenoxy) is 3. The molecular formula is C59H114O6. The summed E-state index contributed by atoms with van der Waals surface area (Å²) in [5, 5.41) is 0. The van der Waals surface area contributed by atoms with Gasteiger partial charge >= 0.3 is 17.9 Å². The Balaban J connectivity index is 4.19. The van der Waals surface area contributed by atoms with Gasteiger partial charge < -0.3 is 14.2 Å². The van der Waals surface area contributed by atoms with Crippen LogP contribution in [0.2, 0.25) is 0 Å². The predicted molar refractivity (Wildman–Crippen MR) is 279 cm³/mol. The van der Waals surface area contributed by atoms with Gasteiger partial charge in [0.2, 0.25) is 0 Å². The Morgan fingerprint density at radius 1 is 0.308 bits per heavy atom. The molecule has 0 saturated carbocycles. The van der Waals surface area contributed by atoms with Crippen molar-refractivity contribution in [3.8, 4) is 0 Å². The molecule has 0 radical (unpaired) electrons. The van der Waals surface area contributed by atoms with Gasteiger partial charge in [-0.15, -0.1) is 0 Å². The molecule has 0 aliphatic carbocycles. The van der Waals surface area contributed by atoms with Crippen LogP contribution in [-0.4, -0.2) is 37.2 Å². The lowest BCUT2D eigenvalue weighted by molar-refractivity contribution is -0.167. The van der Waals surface area contributed by atoms with E-state index in [4.69, 9.17) is 14.2 Å². The monoisotopic (exact) mass is 919 g/mol. The second-order valence-corrected chi connectivity index (χ2v) is 21.5. The highest BCUT2D eigenvalue weighted by Crippen LogP contribution is 2.19. The Kier molecular flexibility index (Phi) is 49.1. The van der Waals surface area contributed by atoms with E-state index < -0.39 is 6.10 Å². The summed E-state index contributed by atoms with van der Waals surface area (Å²) >= 11 is 0. The summed E-state index contributed by atoms with van der Waals surface area (Å²) < 4.78 is 16.9. The lowest BCUT2D eigenvalue weighted by Crippen LogP contribution is -2.30. The van der Waals surface area contributed by atoms with E-state index in [-0.39, 0.29) is 31.1 Å². The van der Waals surface area contributed by atoms with Crippen LogP contribution < -0.4 is 0 Å². The number of hydrogen-bond donors (Lipinski definition) is 0. The van der Waals surface area contributed by atoms with Crippen molar-refractivity contribution in [3.05, 3.63) is 0 Å². The van der Waals surface area contributed by atoms with Crippen molar-refractivity contribution < 1.29 is 28.6 Å². The van der Waals surface area contributed by atoms with Gasteiger partial charge in [0.1, 0.15) is 13.2 Å². The number of carbonyl (C=O) groups is 3. The van der Waals surface area contributed by atoms with Crippen LogP contribution in [0.4, 0.5) is 0 Å². The smallest absolute Gasteiger partial charge is 0.306 e. The number of carbonyl (C=O) groups excluding carboxylic acids is 3. The molecule has 0 aromatic carbocycles. The van der Waals surface area contributed by atoms with Crippen molar-refractivity contribution in [3.63, 3.8) is 0 Å². The Hall–Kier alpha value is -1.59. The summed E-state index contributed by atoms with van der Waals surface area (Å²) in [5.41, 5.74) is 0. The van der Waals surface area contributed by atoms with E-state index in [9.17, 15) is 14.4 Å². The highest BCUT2D eigenvalue weighted by atomic mass is 16.6. The topological polar surface area (TPSA) is 78.9 Å². The molecule has 0 aliphatic heterocycles. The molecule has 65 heavy (non-hydrogen) atoms. The zero-order valence-electron chi connectivity index (χ0n) is 44.8. The van der Waals surface area contributed by atoms with E-state index in [0.717, 1.165) is 75.5 Å². The Labute approximate surface area is 406 Å². The molecular weight excluding hydrogens is 805 g/mol. The minimum absolute atomic E-state index is 0.0645. The first kappa shape index (κ1) is 63.4. The zero-order chi connectivity index (χ0) is 47.7. The lowest BCUT2D eigenvalue weighted by atomic mass is 9.99. The van der Waals surface area contributed by atoms with Crippen LogP contribution in [0.15, 0.2) is 0 Å². The summed E-state index contributed by atoms with van der Waals surface area (Å²) in [6, 6.07) is 0. The van der Waals surface area contributed by atoms with E-state index >= 15 is 0 Å². The predicted octanol–water partition coefficient (Wildman–Crippen LogP) is 19.1.